The Bertz CT molecular complexity index is 643. The molecular weight excluding hydrogens is 270 g/mol. The SMILES string of the molecule is COCc1nc2cc(NC(=O)[C@@H](N)C(C)(C)C)ccc2o1. The standard InChI is InChI=1S/C15H21N3O3/c1-15(2,3)13(16)14(19)17-9-5-6-11-10(7-9)18-12(21-11)8-20-4/h5-7,13H,8,16H2,1-4H3,(H,17,19)/t13-/m1/s1. The van der Waals surface area contributed by atoms with Gasteiger partial charge >= 0.3 is 0 Å². The van der Waals surface area contributed by atoms with Crippen molar-refractivity contribution in [2.45, 2.75) is 33.4 Å². The molecule has 0 aliphatic heterocycles. The number of oxazole rings is 1. The van der Waals surface area contributed by atoms with Crippen LogP contribution in [0.2, 0.25) is 0 Å². The summed E-state index contributed by atoms with van der Waals surface area (Å²) < 4.78 is 10.5. The smallest absolute Gasteiger partial charge is 0.241 e. The van der Waals surface area contributed by atoms with Crippen molar-refractivity contribution < 1.29 is 13.9 Å². The van der Waals surface area contributed by atoms with Crippen LogP contribution in [0.4, 0.5) is 5.69 Å². The van der Waals surface area contributed by atoms with Crippen LogP contribution in [0.25, 0.3) is 11.1 Å². The van der Waals surface area contributed by atoms with Crippen molar-refractivity contribution in [1.82, 2.24) is 4.98 Å². The Kier molecular flexibility index (Phi) is 4.29. The first-order chi connectivity index (χ1) is 9.81. The van der Waals surface area contributed by atoms with Gasteiger partial charge in [0.15, 0.2) is 5.58 Å². The number of anilines is 1. The number of hydrogen-bond acceptors (Lipinski definition) is 5. The van der Waals surface area contributed by atoms with Crippen LogP contribution in [-0.2, 0) is 16.1 Å². The average Bonchev–Trinajstić information content (AvgIpc) is 2.78. The molecule has 0 aliphatic carbocycles. The van der Waals surface area contributed by atoms with Crippen LogP contribution in [0.1, 0.15) is 26.7 Å². The maximum absolute atomic E-state index is 12.1. The van der Waals surface area contributed by atoms with Crippen molar-refractivity contribution in [2.75, 3.05) is 12.4 Å². The van der Waals surface area contributed by atoms with Gasteiger partial charge in [0.25, 0.3) is 0 Å². The van der Waals surface area contributed by atoms with Crippen molar-refractivity contribution in [3.63, 3.8) is 0 Å². The molecule has 2 rings (SSSR count). The van der Waals surface area contributed by atoms with Crippen LogP contribution in [0.3, 0.4) is 0 Å². The summed E-state index contributed by atoms with van der Waals surface area (Å²) >= 11 is 0. The molecule has 1 aromatic carbocycles. The van der Waals surface area contributed by atoms with E-state index in [1.54, 1.807) is 25.3 Å². The fourth-order valence-electron chi connectivity index (χ4n) is 1.85. The molecule has 1 atom stereocenters. The molecule has 0 saturated carbocycles. The van der Waals surface area contributed by atoms with E-state index in [9.17, 15) is 4.79 Å². The van der Waals surface area contributed by atoms with Crippen molar-refractivity contribution in [1.29, 1.82) is 0 Å². The molecule has 0 bridgehead atoms. The number of methoxy groups -OCH3 is 1. The monoisotopic (exact) mass is 291 g/mol. The minimum atomic E-state index is -0.588. The Morgan fingerprint density at radius 2 is 2.19 bits per heavy atom. The molecule has 21 heavy (non-hydrogen) atoms. The third-order valence-corrected chi connectivity index (χ3v) is 3.18. The van der Waals surface area contributed by atoms with Gasteiger partial charge in [0.1, 0.15) is 12.1 Å². The van der Waals surface area contributed by atoms with E-state index in [-0.39, 0.29) is 11.3 Å². The third-order valence-electron chi connectivity index (χ3n) is 3.18. The number of carbonyl (C=O) groups excluding carboxylic acids is 1. The highest BCUT2D eigenvalue weighted by molar-refractivity contribution is 5.96. The van der Waals surface area contributed by atoms with Crippen LogP contribution in [0.15, 0.2) is 22.6 Å². The lowest BCUT2D eigenvalue weighted by molar-refractivity contribution is -0.119. The first-order valence-electron chi connectivity index (χ1n) is 6.76. The fraction of sp³-hybridized carbons (Fsp3) is 0.467. The number of hydrogen-bond donors (Lipinski definition) is 2. The van der Waals surface area contributed by atoms with Gasteiger partial charge in [-0.15, -0.1) is 0 Å². The third kappa shape index (κ3) is 3.59. The normalized spacial score (nSPS) is 13.4. The Morgan fingerprint density at radius 3 is 2.81 bits per heavy atom. The molecular formula is C15H21N3O3. The zero-order chi connectivity index (χ0) is 15.6. The van der Waals surface area contributed by atoms with Crippen LogP contribution in [-0.4, -0.2) is 24.0 Å². The highest BCUT2D eigenvalue weighted by atomic mass is 16.5. The van der Waals surface area contributed by atoms with Crippen molar-refractivity contribution in [3.8, 4) is 0 Å². The molecule has 0 unspecified atom stereocenters. The Labute approximate surface area is 123 Å². The van der Waals surface area contributed by atoms with E-state index in [1.165, 1.54) is 0 Å². The minimum absolute atomic E-state index is 0.220. The van der Waals surface area contributed by atoms with Gasteiger partial charge in [0, 0.05) is 12.8 Å². The van der Waals surface area contributed by atoms with Crippen LogP contribution < -0.4 is 11.1 Å². The van der Waals surface area contributed by atoms with Gasteiger partial charge in [-0.05, 0) is 23.6 Å². The number of rotatable bonds is 4. The zero-order valence-electron chi connectivity index (χ0n) is 12.8. The Hall–Kier alpha value is -1.92. The molecule has 0 spiro atoms. The van der Waals surface area contributed by atoms with E-state index < -0.39 is 6.04 Å². The van der Waals surface area contributed by atoms with Gasteiger partial charge in [0.05, 0.1) is 6.04 Å². The van der Waals surface area contributed by atoms with Crippen LogP contribution in [0, 0.1) is 5.41 Å². The summed E-state index contributed by atoms with van der Waals surface area (Å²) in [5.41, 5.74) is 7.60. The topological polar surface area (TPSA) is 90.4 Å². The molecule has 1 heterocycles. The second kappa shape index (κ2) is 5.83. The fourth-order valence-corrected chi connectivity index (χ4v) is 1.85. The summed E-state index contributed by atoms with van der Waals surface area (Å²) in [5.74, 6) is 0.282. The molecule has 114 valence electrons. The summed E-state index contributed by atoms with van der Waals surface area (Å²) in [6.45, 7) is 6.09. The number of nitrogens with one attached hydrogen (secondary N) is 1. The summed E-state index contributed by atoms with van der Waals surface area (Å²) in [6, 6.07) is 4.69. The first-order valence-corrected chi connectivity index (χ1v) is 6.76. The molecule has 0 saturated heterocycles. The second-order valence-corrected chi connectivity index (χ2v) is 6.06. The summed E-state index contributed by atoms with van der Waals surface area (Å²) in [7, 11) is 1.58. The second-order valence-electron chi connectivity index (χ2n) is 6.06. The number of benzene rings is 1. The predicted molar refractivity (Wildman–Crippen MR) is 80.8 cm³/mol. The molecule has 6 nitrogen and oxygen atoms in total. The summed E-state index contributed by atoms with van der Waals surface area (Å²) in [4.78, 5) is 16.4. The van der Waals surface area contributed by atoms with Gasteiger partial charge in [-0.3, -0.25) is 4.79 Å². The molecule has 0 fully saturated rings. The van der Waals surface area contributed by atoms with Crippen molar-refractivity contribution in [2.24, 2.45) is 11.1 Å². The highest BCUT2D eigenvalue weighted by Crippen LogP contribution is 2.22. The zero-order valence-corrected chi connectivity index (χ0v) is 12.8. The number of ether oxygens (including phenoxy) is 1. The van der Waals surface area contributed by atoms with E-state index >= 15 is 0 Å². The quantitative estimate of drug-likeness (QED) is 0.902. The maximum Gasteiger partial charge on any atom is 0.241 e. The number of nitrogens with zero attached hydrogens (tertiary/aromatic N) is 1. The minimum Gasteiger partial charge on any atom is -0.438 e. The van der Waals surface area contributed by atoms with Gasteiger partial charge < -0.3 is 20.2 Å². The summed E-state index contributed by atoms with van der Waals surface area (Å²) in [5, 5.41) is 2.80. The maximum atomic E-state index is 12.1. The number of aromatic nitrogens is 1. The average molecular weight is 291 g/mol. The van der Waals surface area contributed by atoms with Gasteiger partial charge in [0.2, 0.25) is 11.8 Å². The molecule has 2 aromatic rings. The summed E-state index contributed by atoms with van der Waals surface area (Å²) in [6.07, 6.45) is 0. The van der Waals surface area contributed by atoms with Gasteiger partial charge in [-0.2, -0.15) is 0 Å². The molecule has 3 N–H and O–H groups in total. The number of nitrogens with two attached hydrogens (primary N) is 1. The lowest BCUT2D eigenvalue weighted by Crippen LogP contribution is -2.45. The largest absolute Gasteiger partial charge is 0.438 e. The van der Waals surface area contributed by atoms with Crippen molar-refractivity contribution >= 4 is 22.7 Å². The number of amides is 1. The van der Waals surface area contributed by atoms with E-state index in [1.807, 2.05) is 20.8 Å². The molecule has 0 radical (unpaired) electrons. The van der Waals surface area contributed by atoms with Gasteiger partial charge in [-0.1, -0.05) is 20.8 Å². The van der Waals surface area contributed by atoms with Crippen LogP contribution >= 0.6 is 0 Å². The van der Waals surface area contributed by atoms with E-state index in [0.29, 0.717) is 29.3 Å². The molecule has 1 amide bonds. The lowest BCUT2D eigenvalue weighted by atomic mass is 9.87. The van der Waals surface area contributed by atoms with Crippen LogP contribution in [0.5, 0.6) is 0 Å². The Morgan fingerprint density at radius 1 is 1.48 bits per heavy atom. The number of fused-ring (bicyclic) bond motifs is 1. The first kappa shape index (κ1) is 15.5. The van der Waals surface area contributed by atoms with Gasteiger partial charge in [-0.25, -0.2) is 4.98 Å². The highest BCUT2D eigenvalue weighted by Gasteiger charge is 2.27. The molecule has 0 aliphatic rings. The Balaban J connectivity index is 2.17. The molecule has 6 heteroatoms. The number of carbonyl (C=O) groups is 1. The van der Waals surface area contributed by atoms with E-state index in [4.69, 9.17) is 14.9 Å². The molecule has 1 aromatic heterocycles. The lowest BCUT2D eigenvalue weighted by Gasteiger charge is -2.25. The van der Waals surface area contributed by atoms with E-state index in [0.717, 1.165) is 0 Å². The predicted octanol–water partition coefficient (Wildman–Crippen LogP) is 2.29. The van der Waals surface area contributed by atoms with Crippen molar-refractivity contribution in [3.05, 3.63) is 24.1 Å². The van der Waals surface area contributed by atoms with E-state index in [2.05, 4.69) is 10.3 Å².